The van der Waals surface area contributed by atoms with Crippen LogP contribution in [0, 0.1) is 5.82 Å². The minimum Gasteiger partial charge on any atom is -0.464 e. The summed E-state index contributed by atoms with van der Waals surface area (Å²) in [5, 5.41) is 2.65. The van der Waals surface area contributed by atoms with Crippen LogP contribution < -0.4 is 0 Å². The molecule has 0 saturated heterocycles. The van der Waals surface area contributed by atoms with Crippen LogP contribution in [0.2, 0.25) is 0 Å². The van der Waals surface area contributed by atoms with E-state index in [4.69, 9.17) is 4.42 Å². The highest BCUT2D eigenvalue weighted by Gasteiger charge is 2.13. The first-order valence-corrected chi connectivity index (χ1v) is 7.36. The van der Waals surface area contributed by atoms with Crippen LogP contribution in [0.25, 0.3) is 22.1 Å². The van der Waals surface area contributed by atoms with Crippen molar-refractivity contribution in [1.82, 2.24) is 0 Å². The Morgan fingerprint density at radius 3 is 3.00 bits per heavy atom. The molecule has 0 aliphatic rings. The Balaban J connectivity index is 2.03. The molecule has 20 heavy (non-hydrogen) atoms. The summed E-state index contributed by atoms with van der Waals surface area (Å²) >= 11 is 1.42. The smallest absolute Gasteiger partial charge is 0.172 e. The van der Waals surface area contributed by atoms with Gasteiger partial charge in [-0.2, -0.15) is 0 Å². The van der Waals surface area contributed by atoms with Crippen LogP contribution >= 0.6 is 11.3 Å². The molecule has 4 heteroatoms. The van der Waals surface area contributed by atoms with Crippen molar-refractivity contribution in [2.75, 3.05) is 0 Å². The minimum absolute atomic E-state index is 0.155. The predicted molar refractivity (Wildman–Crippen MR) is 78.7 cm³/mol. The number of thiophene rings is 1. The summed E-state index contributed by atoms with van der Waals surface area (Å²) in [5.74, 6) is -0.139. The van der Waals surface area contributed by atoms with Gasteiger partial charge in [-0.25, -0.2) is 4.39 Å². The minimum atomic E-state index is -0.294. The fourth-order valence-electron chi connectivity index (χ4n) is 2.20. The molecule has 3 rings (SSSR count). The van der Waals surface area contributed by atoms with Crippen LogP contribution in [0.15, 0.2) is 40.3 Å². The van der Waals surface area contributed by atoms with E-state index in [2.05, 4.69) is 0 Å². The molecule has 0 radical (unpaired) electrons. The fraction of sp³-hybridized carbons (Fsp3) is 0.188. The number of hydrogen-bond donors (Lipinski definition) is 0. The van der Waals surface area contributed by atoms with E-state index in [-0.39, 0.29) is 11.6 Å². The van der Waals surface area contributed by atoms with Gasteiger partial charge in [-0.05, 0) is 41.6 Å². The maximum absolute atomic E-state index is 13.4. The maximum atomic E-state index is 13.4. The van der Waals surface area contributed by atoms with Gasteiger partial charge < -0.3 is 4.42 Å². The lowest BCUT2D eigenvalue weighted by Gasteiger charge is -1.94. The summed E-state index contributed by atoms with van der Waals surface area (Å²) in [6.07, 6.45) is 3.01. The Bertz CT molecular complexity index is 770. The number of rotatable bonds is 4. The SMILES string of the molecule is CCCC(=O)c1cc(-c2coc3ccc(F)cc23)cs1. The topological polar surface area (TPSA) is 30.2 Å². The number of carbonyl (C=O) groups is 1. The summed E-state index contributed by atoms with van der Waals surface area (Å²) in [7, 11) is 0. The van der Waals surface area contributed by atoms with Crippen LogP contribution in [0.5, 0.6) is 0 Å². The van der Waals surface area contributed by atoms with E-state index in [1.165, 1.54) is 23.5 Å². The van der Waals surface area contributed by atoms with Crippen molar-refractivity contribution in [3.63, 3.8) is 0 Å². The predicted octanol–water partition coefficient (Wildman–Crippen LogP) is 5.28. The van der Waals surface area contributed by atoms with E-state index >= 15 is 0 Å². The molecule has 102 valence electrons. The Morgan fingerprint density at radius 1 is 1.35 bits per heavy atom. The average Bonchev–Trinajstić information content (AvgIpc) is 3.04. The van der Waals surface area contributed by atoms with Gasteiger partial charge in [-0.3, -0.25) is 4.79 Å². The summed E-state index contributed by atoms with van der Waals surface area (Å²) < 4.78 is 18.8. The Morgan fingerprint density at radius 2 is 2.20 bits per heavy atom. The second-order valence-electron chi connectivity index (χ2n) is 4.66. The molecule has 2 heterocycles. The molecule has 2 aromatic heterocycles. The molecule has 0 atom stereocenters. The molecule has 1 aromatic carbocycles. The molecule has 0 aliphatic heterocycles. The lowest BCUT2D eigenvalue weighted by atomic mass is 10.1. The molecule has 0 unspecified atom stereocenters. The molecule has 0 fully saturated rings. The number of fused-ring (bicyclic) bond motifs is 1. The number of hydrogen-bond acceptors (Lipinski definition) is 3. The third kappa shape index (κ3) is 2.27. The zero-order chi connectivity index (χ0) is 14.1. The first-order chi connectivity index (χ1) is 9.69. The second kappa shape index (κ2) is 5.21. The first kappa shape index (κ1) is 13.1. The summed E-state index contributed by atoms with van der Waals surface area (Å²) in [6.45, 7) is 1.98. The third-order valence-corrected chi connectivity index (χ3v) is 4.17. The van der Waals surface area contributed by atoms with Gasteiger partial charge in [-0.1, -0.05) is 6.92 Å². The van der Waals surface area contributed by atoms with Crippen molar-refractivity contribution in [2.24, 2.45) is 0 Å². The lowest BCUT2D eigenvalue weighted by Crippen LogP contribution is -1.93. The molecule has 0 amide bonds. The maximum Gasteiger partial charge on any atom is 0.172 e. The van der Waals surface area contributed by atoms with Gasteiger partial charge in [0.25, 0.3) is 0 Å². The van der Waals surface area contributed by atoms with E-state index in [9.17, 15) is 9.18 Å². The third-order valence-electron chi connectivity index (χ3n) is 3.20. The van der Waals surface area contributed by atoms with Gasteiger partial charge in [0.2, 0.25) is 0 Å². The van der Waals surface area contributed by atoms with Crippen LogP contribution in [-0.2, 0) is 0 Å². The fourth-order valence-corrected chi connectivity index (χ4v) is 3.08. The standard InChI is InChI=1S/C16H13FO2S/c1-2-3-14(18)16-6-10(9-20-16)13-8-19-15-5-4-11(17)7-12(13)15/h4-9H,2-3H2,1H3. The largest absolute Gasteiger partial charge is 0.464 e. The second-order valence-corrected chi connectivity index (χ2v) is 5.57. The summed E-state index contributed by atoms with van der Waals surface area (Å²) in [6, 6.07) is 6.31. The molecular weight excluding hydrogens is 275 g/mol. The Labute approximate surface area is 119 Å². The van der Waals surface area contributed by atoms with Crippen molar-refractivity contribution in [1.29, 1.82) is 0 Å². The molecule has 0 aliphatic carbocycles. The van der Waals surface area contributed by atoms with Crippen LogP contribution in [-0.4, -0.2) is 5.78 Å². The number of benzene rings is 1. The first-order valence-electron chi connectivity index (χ1n) is 6.48. The monoisotopic (exact) mass is 288 g/mol. The molecule has 0 N–H and O–H groups in total. The highest BCUT2D eigenvalue weighted by atomic mass is 32.1. The summed E-state index contributed by atoms with van der Waals surface area (Å²) in [5.41, 5.74) is 2.37. The lowest BCUT2D eigenvalue weighted by molar-refractivity contribution is 0.0985. The molecule has 0 bridgehead atoms. The van der Waals surface area contributed by atoms with Crippen molar-refractivity contribution in [2.45, 2.75) is 19.8 Å². The molecule has 2 nitrogen and oxygen atoms in total. The molecule has 0 spiro atoms. The van der Waals surface area contributed by atoms with Crippen molar-refractivity contribution < 1.29 is 13.6 Å². The average molecular weight is 288 g/mol. The van der Waals surface area contributed by atoms with Gasteiger partial charge in [0.15, 0.2) is 5.78 Å². The zero-order valence-corrected chi connectivity index (χ0v) is 11.8. The van der Waals surface area contributed by atoms with Crippen molar-refractivity contribution >= 4 is 28.1 Å². The normalized spacial score (nSPS) is 11.1. The molecule has 3 aromatic rings. The van der Waals surface area contributed by atoms with Crippen LogP contribution in [0.1, 0.15) is 29.4 Å². The van der Waals surface area contributed by atoms with Gasteiger partial charge in [0, 0.05) is 17.4 Å². The Hall–Kier alpha value is -1.94. The number of halogens is 1. The van der Waals surface area contributed by atoms with Gasteiger partial charge in [0.1, 0.15) is 11.4 Å². The number of ketones is 1. The number of furan rings is 1. The molecular formula is C16H13FO2S. The van der Waals surface area contributed by atoms with Gasteiger partial charge in [-0.15, -0.1) is 11.3 Å². The number of carbonyl (C=O) groups excluding carboxylic acids is 1. The zero-order valence-electron chi connectivity index (χ0n) is 11.0. The van der Waals surface area contributed by atoms with Crippen molar-refractivity contribution in [3.05, 3.63) is 46.6 Å². The van der Waals surface area contributed by atoms with E-state index in [1.54, 1.807) is 12.3 Å². The van der Waals surface area contributed by atoms with Gasteiger partial charge in [0.05, 0.1) is 11.1 Å². The van der Waals surface area contributed by atoms with E-state index in [1.807, 2.05) is 18.4 Å². The van der Waals surface area contributed by atoms with Crippen LogP contribution in [0.4, 0.5) is 4.39 Å². The van der Waals surface area contributed by atoms with E-state index < -0.39 is 0 Å². The van der Waals surface area contributed by atoms with Crippen molar-refractivity contribution in [3.8, 4) is 11.1 Å². The molecule has 0 saturated carbocycles. The quantitative estimate of drug-likeness (QED) is 0.611. The number of Topliss-reactive ketones (excluding diaryl/α,β-unsaturated/α-hetero) is 1. The summed E-state index contributed by atoms with van der Waals surface area (Å²) in [4.78, 5) is 12.6. The van der Waals surface area contributed by atoms with E-state index in [0.29, 0.717) is 12.0 Å². The van der Waals surface area contributed by atoms with E-state index in [0.717, 1.165) is 27.8 Å². The van der Waals surface area contributed by atoms with Gasteiger partial charge >= 0.3 is 0 Å². The van der Waals surface area contributed by atoms with Crippen LogP contribution in [0.3, 0.4) is 0 Å². The Kier molecular flexibility index (Phi) is 3.40. The highest BCUT2D eigenvalue weighted by molar-refractivity contribution is 7.12. The highest BCUT2D eigenvalue weighted by Crippen LogP contribution is 2.34.